The minimum atomic E-state index is -0.0537. The Morgan fingerprint density at radius 3 is 2.67 bits per heavy atom. The number of amides is 1. The number of carbonyl (C=O) groups is 1. The van der Waals surface area contributed by atoms with E-state index >= 15 is 0 Å². The maximum atomic E-state index is 12.2. The van der Waals surface area contributed by atoms with E-state index in [1.54, 1.807) is 32.6 Å². The standard InChI is InChI=1S/C19H20N2O3/c1-23-15-8-9-18(24-2)14(10-15)12-20-21-19(22)17-11-16(17)13-6-4-3-5-7-13/h3-10,12,16-17H,11H2,1-2H3,(H,21,22). The van der Waals surface area contributed by atoms with Gasteiger partial charge >= 0.3 is 0 Å². The molecule has 1 saturated carbocycles. The van der Waals surface area contributed by atoms with E-state index in [4.69, 9.17) is 9.47 Å². The fraction of sp³-hybridized carbons (Fsp3) is 0.263. The van der Waals surface area contributed by atoms with Gasteiger partial charge in [-0.05, 0) is 36.1 Å². The molecule has 0 bridgehead atoms. The van der Waals surface area contributed by atoms with Gasteiger partial charge in [0.25, 0.3) is 0 Å². The Labute approximate surface area is 141 Å². The van der Waals surface area contributed by atoms with Gasteiger partial charge < -0.3 is 9.47 Å². The van der Waals surface area contributed by atoms with Crippen LogP contribution in [0.1, 0.15) is 23.5 Å². The summed E-state index contributed by atoms with van der Waals surface area (Å²) in [6.45, 7) is 0. The summed E-state index contributed by atoms with van der Waals surface area (Å²) < 4.78 is 10.5. The number of ether oxygens (including phenoxy) is 2. The van der Waals surface area contributed by atoms with Crippen LogP contribution < -0.4 is 14.9 Å². The van der Waals surface area contributed by atoms with E-state index in [2.05, 4.69) is 22.7 Å². The minimum absolute atomic E-state index is 0.00300. The van der Waals surface area contributed by atoms with Gasteiger partial charge in [0.05, 0.1) is 20.4 Å². The third kappa shape index (κ3) is 3.56. The lowest BCUT2D eigenvalue weighted by atomic mass is 10.1. The summed E-state index contributed by atoms with van der Waals surface area (Å²) >= 11 is 0. The fourth-order valence-electron chi connectivity index (χ4n) is 2.74. The molecule has 0 aromatic heterocycles. The van der Waals surface area contributed by atoms with Crippen molar-refractivity contribution < 1.29 is 14.3 Å². The van der Waals surface area contributed by atoms with Gasteiger partial charge in [-0.15, -0.1) is 0 Å². The van der Waals surface area contributed by atoms with Crippen LogP contribution in [-0.2, 0) is 4.79 Å². The molecule has 1 aliphatic carbocycles. The quantitative estimate of drug-likeness (QED) is 0.656. The minimum Gasteiger partial charge on any atom is -0.497 e. The predicted molar refractivity (Wildman–Crippen MR) is 92.6 cm³/mol. The van der Waals surface area contributed by atoms with Crippen LogP contribution in [0.3, 0.4) is 0 Å². The van der Waals surface area contributed by atoms with Gasteiger partial charge in [0.2, 0.25) is 5.91 Å². The number of nitrogens with zero attached hydrogens (tertiary/aromatic N) is 1. The highest BCUT2D eigenvalue weighted by atomic mass is 16.5. The second-order valence-corrected chi connectivity index (χ2v) is 5.70. The zero-order valence-electron chi connectivity index (χ0n) is 13.7. The van der Waals surface area contributed by atoms with Crippen molar-refractivity contribution >= 4 is 12.1 Å². The van der Waals surface area contributed by atoms with E-state index in [-0.39, 0.29) is 11.8 Å². The molecule has 1 N–H and O–H groups in total. The second-order valence-electron chi connectivity index (χ2n) is 5.70. The monoisotopic (exact) mass is 324 g/mol. The van der Waals surface area contributed by atoms with Crippen molar-refractivity contribution in [1.82, 2.24) is 5.43 Å². The number of methoxy groups -OCH3 is 2. The Bertz CT molecular complexity index is 744. The van der Waals surface area contributed by atoms with Gasteiger partial charge in [0.15, 0.2) is 0 Å². The molecular weight excluding hydrogens is 304 g/mol. The van der Waals surface area contributed by atoms with Gasteiger partial charge in [-0.2, -0.15) is 5.10 Å². The van der Waals surface area contributed by atoms with Gasteiger partial charge in [0.1, 0.15) is 11.5 Å². The second kappa shape index (κ2) is 7.17. The normalized spacial score (nSPS) is 19.1. The maximum absolute atomic E-state index is 12.2. The third-order valence-electron chi connectivity index (χ3n) is 4.17. The van der Waals surface area contributed by atoms with Crippen molar-refractivity contribution in [3.63, 3.8) is 0 Å². The smallest absolute Gasteiger partial charge is 0.243 e. The highest BCUT2D eigenvalue weighted by Gasteiger charge is 2.43. The van der Waals surface area contributed by atoms with E-state index in [9.17, 15) is 4.79 Å². The molecule has 1 aliphatic rings. The van der Waals surface area contributed by atoms with Gasteiger partial charge in [-0.3, -0.25) is 4.79 Å². The summed E-state index contributed by atoms with van der Waals surface area (Å²) in [4.78, 5) is 12.2. The van der Waals surface area contributed by atoms with Gasteiger partial charge in [0, 0.05) is 11.5 Å². The topological polar surface area (TPSA) is 59.9 Å². The predicted octanol–water partition coefficient (Wildman–Crippen LogP) is 2.96. The zero-order chi connectivity index (χ0) is 16.9. The molecule has 2 aromatic carbocycles. The molecule has 0 spiro atoms. The zero-order valence-corrected chi connectivity index (χ0v) is 13.7. The van der Waals surface area contributed by atoms with E-state index in [0.29, 0.717) is 17.4 Å². The van der Waals surface area contributed by atoms with Crippen molar-refractivity contribution in [2.75, 3.05) is 14.2 Å². The lowest BCUT2D eigenvalue weighted by molar-refractivity contribution is -0.122. The third-order valence-corrected chi connectivity index (χ3v) is 4.17. The molecule has 0 aliphatic heterocycles. The summed E-state index contributed by atoms with van der Waals surface area (Å²) in [6, 6.07) is 15.5. The molecule has 2 atom stereocenters. The number of nitrogens with one attached hydrogen (secondary N) is 1. The van der Waals surface area contributed by atoms with Crippen LogP contribution >= 0.6 is 0 Å². The van der Waals surface area contributed by atoms with Crippen LogP contribution in [0.2, 0.25) is 0 Å². The average molecular weight is 324 g/mol. The molecule has 3 rings (SSSR count). The Morgan fingerprint density at radius 2 is 1.96 bits per heavy atom. The Balaban J connectivity index is 1.60. The molecule has 1 fully saturated rings. The molecule has 0 saturated heterocycles. The summed E-state index contributed by atoms with van der Waals surface area (Å²) in [7, 11) is 3.19. The molecule has 5 heteroatoms. The molecule has 0 heterocycles. The Morgan fingerprint density at radius 1 is 1.17 bits per heavy atom. The van der Waals surface area contributed by atoms with Crippen molar-refractivity contribution in [3.8, 4) is 11.5 Å². The summed E-state index contributed by atoms with van der Waals surface area (Å²) in [5.41, 5.74) is 4.56. The number of hydrogen-bond acceptors (Lipinski definition) is 4. The van der Waals surface area contributed by atoms with Crippen LogP contribution in [0.25, 0.3) is 0 Å². The highest BCUT2D eigenvalue weighted by Crippen LogP contribution is 2.47. The lowest BCUT2D eigenvalue weighted by Crippen LogP contribution is -2.20. The first kappa shape index (κ1) is 16.1. The first-order valence-electron chi connectivity index (χ1n) is 7.83. The molecule has 2 unspecified atom stereocenters. The molecule has 5 nitrogen and oxygen atoms in total. The Hall–Kier alpha value is -2.82. The summed E-state index contributed by atoms with van der Waals surface area (Å²) in [5.74, 6) is 1.61. The van der Waals surface area contributed by atoms with Crippen molar-refractivity contribution in [2.45, 2.75) is 12.3 Å². The molecule has 124 valence electrons. The van der Waals surface area contributed by atoms with Crippen molar-refractivity contribution in [1.29, 1.82) is 0 Å². The number of carbonyl (C=O) groups excluding carboxylic acids is 1. The van der Waals surface area contributed by atoms with Gasteiger partial charge in [-0.1, -0.05) is 30.3 Å². The van der Waals surface area contributed by atoms with E-state index in [1.165, 1.54) is 5.56 Å². The van der Waals surface area contributed by atoms with Crippen LogP contribution in [0.15, 0.2) is 53.6 Å². The fourth-order valence-corrected chi connectivity index (χ4v) is 2.74. The number of hydrazone groups is 1. The lowest BCUT2D eigenvalue weighted by Gasteiger charge is -2.06. The number of rotatable bonds is 6. The summed E-state index contributed by atoms with van der Waals surface area (Å²) in [5, 5.41) is 4.05. The number of hydrogen-bond donors (Lipinski definition) is 1. The number of benzene rings is 2. The SMILES string of the molecule is COc1ccc(OC)c(C=NNC(=O)C2CC2c2ccccc2)c1. The Kier molecular flexibility index (Phi) is 4.79. The van der Waals surface area contributed by atoms with Crippen LogP contribution in [0, 0.1) is 5.92 Å². The molecule has 0 radical (unpaired) electrons. The van der Waals surface area contributed by atoms with Crippen LogP contribution in [0.4, 0.5) is 0 Å². The molecule has 24 heavy (non-hydrogen) atoms. The molecular formula is C19H20N2O3. The van der Waals surface area contributed by atoms with E-state index < -0.39 is 0 Å². The first-order chi connectivity index (χ1) is 11.7. The van der Waals surface area contributed by atoms with Crippen LogP contribution in [-0.4, -0.2) is 26.3 Å². The first-order valence-corrected chi connectivity index (χ1v) is 7.83. The highest BCUT2D eigenvalue weighted by molar-refractivity contribution is 5.87. The molecule has 2 aromatic rings. The van der Waals surface area contributed by atoms with E-state index in [0.717, 1.165) is 12.0 Å². The average Bonchev–Trinajstić information content (AvgIpc) is 3.43. The van der Waals surface area contributed by atoms with Crippen molar-refractivity contribution in [3.05, 3.63) is 59.7 Å². The summed E-state index contributed by atoms with van der Waals surface area (Å²) in [6.07, 6.45) is 2.44. The van der Waals surface area contributed by atoms with Gasteiger partial charge in [-0.25, -0.2) is 5.43 Å². The largest absolute Gasteiger partial charge is 0.497 e. The molecule has 1 amide bonds. The van der Waals surface area contributed by atoms with Crippen molar-refractivity contribution in [2.24, 2.45) is 11.0 Å². The van der Waals surface area contributed by atoms with E-state index in [1.807, 2.05) is 24.3 Å². The van der Waals surface area contributed by atoms with Crippen LogP contribution in [0.5, 0.6) is 11.5 Å². The maximum Gasteiger partial charge on any atom is 0.243 e.